The van der Waals surface area contributed by atoms with Gasteiger partial charge in [0, 0.05) is 6.07 Å². The molecule has 1 N–H and O–H groups in total. The number of fused-ring (bicyclic) bond motifs is 1. The lowest BCUT2D eigenvalue weighted by Gasteiger charge is -2.33. The fourth-order valence-electron chi connectivity index (χ4n) is 3.44. The summed E-state index contributed by atoms with van der Waals surface area (Å²) in [5.74, 6) is 0.345. The van der Waals surface area contributed by atoms with Crippen molar-refractivity contribution in [1.29, 1.82) is 0 Å². The molecule has 4 nitrogen and oxygen atoms in total. The molecule has 30 heavy (non-hydrogen) atoms. The predicted molar refractivity (Wildman–Crippen MR) is 121 cm³/mol. The van der Waals surface area contributed by atoms with Crippen LogP contribution in [0.3, 0.4) is 0 Å². The van der Waals surface area contributed by atoms with Crippen molar-refractivity contribution >= 4 is 17.9 Å². The predicted octanol–water partition coefficient (Wildman–Crippen LogP) is 6.21. The van der Waals surface area contributed by atoms with Crippen LogP contribution in [0.15, 0.2) is 60.2 Å². The highest BCUT2D eigenvalue weighted by Crippen LogP contribution is 2.45. The molecule has 0 unspecified atom stereocenters. The van der Waals surface area contributed by atoms with Gasteiger partial charge in [-0.15, -0.1) is 0 Å². The number of ether oxygens (including phenoxy) is 2. The summed E-state index contributed by atoms with van der Waals surface area (Å²) in [6.07, 6.45) is 10.9. The summed E-state index contributed by atoms with van der Waals surface area (Å²) in [7, 11) is 1.53. The molecule has 0 amide bonds. The van der Waals surface area contributed by atoms with E-state index in [1.54, 1.807) is 6.08 Å². The van der Waals surface area contributed by atoms with Gasteiger partial charge in [0.1, 0.15) is 28.4 Å². The van der Waals surface area contributed by atoms with Gasteiger partial charge in [-0.25, -0.2) is 0 Å². The number of phenolic OH excluding ortho intramolecular Hbond substituents is 1. The molecule has 2 aromatic rings. The first-order chi connectivity index (χ1) is 14.3. The quantitative estimate of drug-likeness (QED) is 0.339. The third-order valence-corrected chi connectivity index (χ3v) is 5.09. The molecule has 0 bridgehead atoms. The molecule has 1 heterocycles. The molecule has 156 valence electrons. The number of carbonyl (C=O) groups excluding carboxylic acids is 1. The lowest BCUT2D eigenvalue weighted by atomic mass is 9.92. The van der Waals surface area contributed by atoms with Gasteiger partial charge in [-0.2, -0.15) is 0 Å². The molecule has 0 radical (unpaired) electrons. The van der Waals surface area contributed by atoms with E-state index in [0.717, 1.165) is 18.4 Å². The van der Waals surface area contributed by atoms with E-state index in [1.807, 2.05) is 49.4 Å². The van der Waals surface area contributed by atoms with Gasteiger partial charge < -0.3 is 14.6 Å². The van der Waals surface area contributed by atoms with E-state index in [0.29, 0.717) is 17.1 Å². The maximum Gasteiger partial charge on any atom is 0.193 e. The third kappa shape index (κ3) is 4.82. The number of methoxy groups -OCH3 is 1. The Labute approximate surface area is 178 Å². The Bertz CT molecular complexity index is 1010. The first-order valence-electron chi connectivity index (χ1n) is 10.1. The molecule has 2 aromatic carbocycles. The molecule has 0 saturated heterocycles. The van der Waals surface area contributed by atoms with E-state index in [-0.39, 0.29) is 17.1 Å². The highest BCUT2D eigenvalue weighted by Gasteiger charge is 2.33. The first-order valence-corrected chi connectivity index (χ1v) is 10.1. The van der Waals surface area contributed by atoms with Crippen LogP contribution in [0.1, 0.15) is 55.1 Å². The smallest absolute Gasteiger partial charge is 0.193 e. The van der Waals surface area contributed by atoms with E-state index in [9.17, 15) is 9.90 Å². The number of hydrogen-bond donors (Lipinski definition) is 1. The van der Waals surface area contributed by atoms with Gasteiger partial charge >= 0.3 is 0 Å². The molecule has 0 aliphatic carbocycles. The molecule has 0 fully saturated rings. The minimum absolute atomic E-state index is 0.149. The van der Waals surface area contributed by atoms with Crippen molar-refractivity contribution in [1.82, 2.24) is 0 Å². The summed E-state index contributed by atoms with van der Waals surface area (Å²) < 4.78 is 11.7. The largest absolute Gasteiger partial charge is 0.507 e. The highest BCUT2D eigenvalue weighted by molar-refractivity contribution is 6.11. The van der Waals surface area contributed by atoms with Gasteiger partial charge in [0.15, 0.2) is 5.78 Å². The van der Waals surface area contributed by atoms with Crippen LogP contribution in [0.5, 0.6) is 17.2 Å². The SMILES string of the molecule is COc1cc(O)c(C(=O)/C=C/c2ccccc2)c2c1C=C[C@](C)(CCC=C(C)C)O2. The van der Waals surface area contributed by atoms with Crippen LogP contribution in [0.2, 0.25) is 0 Å². The molecular weight excluding hydrogens is 376 g/mol. The number of carbonyl (C=O) groups is 1. The van der Waals surface area contributed by atoms with Crippen LogP contribution in [0, 0.1) is 0 Å². The minimum atomic E-state index is -0.587. The third-order valence-electron chi connectivity index (χ3n) is 5.09. The lowest BCUT2D eigenvalue weighted by Crippen LogP contribution is -2.32. The lowest BCUT2D eigenvalue weighted by molar-refractivity contribution is 0.101. The van der Waals surface area contributed by atoms with Crippen LogP contribution in [-0.4, -0.2) is 23.6 Å². The minimum Gasteiger partial charge on any atom is -0.507 e. The van der Waals surface area contributed by atoms with Crippen molar-refractivity contribution in [3.05, 3.63) is 76.9 Å². The van der Waals surface area contributed by atoms with E-state index in [4.69, 9.17) is 9.47 Å². The average Bonchev–Trinajstić information content (AvgIpc) is 2.71. The molecule has 1 aliphatic rings. The zero-order valence-electron chi connectivity index (χ0n) is 17.9. The van der Waals surface area contributed by atoms with Crippen molar-refractivity contribution in [2.45, 2.75) is 39.2 Å². The van der Waals surface area contributed by atoms with Gasteiger partial charge in [0.05, 0.1) is 12.7 Å². The van der Waals surface area contributed by atoms with Crippen LogP contribution in [-0.2, 0) is 0 Å². The average molecular weight is 405 g/mol. The van der Waals surface area contributed by atoms with E-state index in [1.165, 1.54) is 24.8 Å². The Balaban J connectivity index is 1.98. The van der Waals surface area contributed by atoms with Crippen LogP contribution >= 0.6 is 0 Å². The van der Waals surface area contributed by atoms with Gasteiger partial charge in [0.2, 0.25) is 0 Å². The van der Waals surface area contributed by atoms with Crippen LogP contribution in [0.25, 0.3) is 12.2 Å². The summed E-state index contributed by atoms with van der Waals surface area (Å²) >= 11 is 0. The standard InChI is InChI=1S/C26H28O4/c1-18(2)9-8-15-26(3)16-14-20-23(29-4)17-22(28)24(25(20)30-26)21(27)13-12-19-10-6-5-7-11-19/h5-7,9-14,16-17,28H,8,15H2,1-4H3/b13-12+/t26-/m0/s1. The van der Waals surface area contributed by atoms with Gasteiger partial charge in [-0.1, -0.05) is 48.1 Å². The number of allylic oxidation sites excluding steroid dienone is 3. The summed E-state index contributed by atoms with van der Waals surface area (Å²) in [5, 5.41) is 10.6. The van der Waals surface area contributed by atoms with Gasteiger partial charge in [-0.05, 0) is 57.4 Å². The van der Waals surface area contributed by atoms with Crippen molar-refractivity contribution in [3.63, 3.8) is 0 Å². The topological polar surface area (TPSA) is 55.8 Å². The van der Waals surface area contributed by atoms with Crippen LogP contribution in [0.4, 0.5) is 0 Å². The van der Waals surface area contributed by atoms with Crippen molar-refractivity contribution < 1.29 is 19.4 Å². The molecule has 1 atom stereocenters. The number of phenols is 1. The zero-order valence-corrected chi connectivity index (χ0v) is 17.9. The monoisotopic (exact) mass is 404 g/mol. The maximum absolute atomic E-state index is 13.0. The first kappa shape index (κ1) is 21.4. The second-order valence-electron chi connectivity index (χ2n) is 7.89. The molecule has 1 aliphatic heterocycles. The molecule has 0 spiro atoms. The number of aromatic hydroxyl groups is 1. The summed E-state index contributed by atoms with van der Waals surface area (Å²) in [6.45, 7) is 6.11. The van der Waals surface area contributed by atoms with E-state index < -0.39 is 5.60 Å². The summed E-state index contributed by atoms with van der Waals surface area (Å²) in [6, 6.07) is 11.0. The van der Waals surface area contributed by atoms with Gasteiger partial charge in [0.25, 0.3) is 0 Å². The summed E-state index contributed by atoms with van der Waals surface area (Å²) in [5.41, 5.74) is 2.37. The van der Waals surface area contributed by atoms with Crippen molar-refractivity contribution in [3.8, 4) is 17.2 Å². The molecule has 0 saturated carbocycles. The number of hydrogen-bond acceptors (Lipinski definition) is 4. The fraction of sp³-hybridized carbons (Fsp3) is 0.269. The second kappa shape index (κ2) is 9.04. The summed E-state index contributed by atoms with van der Waals surface area (Å²) in [4.78, 5) is 13.0. The van der Waals surface area contributed by atoms with Gasteiger partial charge in [-0.3, -0.25) is 4.79 Å². The Kier molecular flexibility index (Phi) is 6.46. The highest BCUT2D eigenvalue weighted by atomic mass is 16.5. The van der Waals surface area contributed by atoms with Crippen molar-refractivity contribution in [2.24, 2.45) is 0 Å². The van der Waals surface area contributed by atoms with E-state index in [2.05, 4.69) is 19.9 Å². The Morgan fingerprint density at radius 2 is 1.97 bits per heavy atom. The molecule has 4 heteroatoms. The zero-order chi connectivity index (χ0) is 21.7. The normalized spacial score (nSPS) is 17.3. The number of benzene rings is 2. The fourth-order valence-corrected chi connectivity index (χ4v) is 3.44. The second-order valence-corrected chi connectivity index (χ2v) is 7.89. The Morgan fingerprint density at radius 1 is 1.23 bits per heavy atom. The van der Waals surface area contributed by atoms with E-state index >= 15 is 0 Å². The molecule has 0 aromatic heterocycles. The Hall–Kier alpha value is -3.27. The molecule has 3 rings (SSSR count). The Morgan fingerprint density at radius 3 is 2.63 bits per heavy atom. The number of ketones is 1. The molecular formula is C26H28O4. The maximum atomic E-state index is 13.0. The van der Waals surface area contributed by atoms with Crippen molar-refractivity contribution in [2.75, 3.05) is 7.11 Å². The number of rotatable bonds is 7. The van der Waals surface area contributed by atoms with Crippen LogP contribution < -0.4 is 9.47 Å².